The van der Waals surface area contributed by atoms with Gasteiger partial charge in [0, 0.05) is 0 Å². The van der Waals surface area contributed by atoms with E-state index in [-0.39, 0.29) is 11.5 Å². The zero-order valence-electron chi connectivity index (χ0n) is 14.3. The standard InChI is InChI=1S/C20H32O/c1-14(2)17-11-12-20(5)13-19(21)16(4)8-6-7-15(3)9-10-18(17)20/h8-9,17-19,21H,1,6-7,10-13H2,2-5H3. The molecule has 4 atom stereocenters. The van der Waals surface area contributed by atoms with Crippen molar-refractivity contribution in [1.82, 2.24) is 0 Å². The van der Waals surface area contributed by atoms with Gasteiger partial charge in [-0.1, -0.05) is 36.8 Å². The van der Waals surface area contributed by atoms with Crippen molar-refractivity contribution in [2.24, 2.45) is 17.3 Å². The summed E-state index contributed by atoms with van der Waals surface area (Å²) >= 11 is 0. The second-order valence-corrected chi connectivity index (χ2v) is 7.74. The monoisotopic (exact) mass is 288 g/mol. The summed E-state index contributed by atoms with van der Waals surface area (Å²) in [5.41, 5.74) is 4.21. The molecule has 2 aliphatic carbocycles. The van der Waals surface area contributed by atoms with Crippen LogP contribution in [0.2, 0.25) is 0 Å². The molecule has 0 amide bonds. The van der Waals surface area contributed by atoms with Crippen LogP contribution in [-0.2, 0) is 0 Å². The molecule has 4 unspecified atom stereocenters. The Labute approximate surface area is 130 Å². The zero-order chi connectivity index (χ0) is 15.6. The van der Waals surface area contributed by atoms with Crippen LogP contribution in [0.1, 0.15) is 66.2 Å². The lowest BCUT2D eigenvalue weighted by Crippen LogP contribution is -2.30. The molecule has 0 aliphatic heterocycles. The van der Waals surface area contributed by atoms with Gasteiger partial charge in [0.1, 0.15) is 0 Å². The molecule has 21 heavy (non-hydrogen) atoms. The summed E-state index contributed by atoms with van der Waals surface area (Å²) in [6.45, 7) is 13.1. The van der Waals surface area contributed by atoms with Crippen LogP contribution in [0.5, 0.6) is 0 Å². The number of rotatable bonds is 1. The number of aliphatic hydroxyl groups is 1. The van der Waals surface area contributed by atoms with Crippen molar-refractivity contribution in [2.45, 2.75) is 72.3 Å². The van der Waals surface area contributed by atoms with E-state index in [1.54, 1.807) is 0 Å². The number of hydrogen-bond acceptors (Lipinski definition) is 1. The molecule has 0 aromatic carbocycles. The molecule has 0 bridgehead atoms. The quantitative estimate of drug-likeness (QED) is 0.638. The number of aliphatic hydroxyl groups excluding tert-OH is 1. The first kappa shape index (κ1) is 16.5. The summed E-state index contributed by atoms with van der Waals surface area (Å²) in [6, 6.07) is 0. The van der Waals surface area contributed by atoms with Gasteiger partial charge >= 0.3 is 0 Å². The fourth-order valence-corrected chi connectivity index (χ4v) is 4.35. The largest absolute Gasteiger partial charge is 0.389 e. The van der Waals surface area contributed by atoms with E-state index >= 15 is 0 Å². The SMILES string of the molecule is C=C(C)C1CCC2(C)CC(O)C(C)=CCCC(C)=CCC12. The van der Waals surface area contributed by atoms with Crippen molar-refractivity contribution in [3.05, 3.63) is 35.5 Å². The van der Waals surface area contributed by atoms with Gasteiger partial charge in [0.05, 0.1) is 6.10 Å². The van der Waals surface area contributed by atoms with Crippen LogP contribution in [0, 0.1) is 17.3 Å². The third-order valence-corrected chi connectivity index (χ3v) is 5.95. The Balaban J connectivity index is 2.32. The minimum absolute atomic E-state index is 0.235. The predicted molar refractivity (Wildman–Crippen MR) is 91.1 cm³/mol. The second kappa shape index (κ2) is 6.52. The van der Waals surface area contributed by atoms with E-state index in [9.17, 15) is 5.11 Å². The summed E-state index contributed by atoms with van der Waals surface area (Å²) in [5, 5.41) is 10.6. The second-order valence-electron chi connectivity index (χ2n) is 7.74. The van der Waals surface area contributed by atoms with E-state index < -0.39 is 0 Å². The van der Waals surface area contributed by atoms with Crippen molar-refractivity contribution in [2.75, 3.05) is 0 Å². The van der Waals surface area contributed by atoms with Gasteiger partial charge in [0.25, 0.3) is 0 Å². The molecule has 2 aliphatic rings. The van der Waals surface area contributed by atoms with Crippen molar-refractivity contribution < 1.29 is 5.11 Å². The Morgan fingerprint density at radius 3 is 2.71 bits per heavy atom. The smallest absolute Gasteiger partial charge is 0.0752 e. The molecule has 1 fully saturated rings. The van der Waals surface area contributed by atoms with Crippen LogP contribution in [0.25, 0.3) is 0 Å². The van der Waals surface area contributed by atoms with Gasteiger partial charge < -0.3 is 5.11 Å². The van der Waals surface area contributed by atoms with Crippen molar-refractivity contribution >= 4 is 0 Å². The molecule has 1 N–H and O–H groups in total. The van der Waals surface area contributed by atoms with Crippen LogP contribution >= 0.6 is 0 Å². The van der Waals surface area contributed by atoms with Gasteiger partial charge in [0.15, 0.2) is 0 Å². The lowest BCUT2D eigenvalue weighted by atomic mass is 9.70. The topological polar surface area (TPSA) is 20.2 Å². The fraction of sp³-hybridized carbons (Fsp3) is 0.700. The first-order valence-electron chi connectivity index (χ1n) is 8.49. The van der Waals surface area contributed by atoms with E-state index in [1.165, 1.54) is 24.0 Å². The van der Waals surface area contributed by atoms with Crippen molar-refractivity contribution in [3.8, 4) is 0 Å². The molecule has 1 heteroatoms. The molecule has 0 saturated heterocycles. The van der Waals surface area contributed by atoms with Crippen molar-refractivity contribution in [1.29, 1.82) is 0 Å². The van der Waals surface area contributed by atoms with Crippen molar-refractivity contribution in [3.63, 3.8) is 0 Å². The molecule has 0 spiro atoms. The third kappa shape index (κ3) is 3.69. The minimum atomic E-state index is -0.278. The first-order valence-corrected chi connectivity index (χ1v) is 8.49. The van der Waals surface area contributed by atoms with Gasteiger partial charge in [-0.2, -0.15) is 0 Å². The van der Waals surface area contributed by atoms with Gasteiger partial charge in [-0.3, -0.25) is 0 Å². The molecule has 0 heterocycles. The molecule has 1 saturated carbocycles. The fourth-order valence-electron chi connectivity index (χ4n) is 4.35. The summed E-state index contributed by atoms with van der Waals surface area (Å²) in [6.07, 6.45) is 11.1. The van der Waals surface area contributed by atoms with Gasteiger partial charge in [-0.05, 0) is 82.1 Å². The maximum atomic E-state index is 10.6. The van der Waals surface area contributed by atoms with Gasteiger partial charge in [0.2, 0.25) is 0 Å². The van der Waals surface area contributed by atoms with Crippen LogP contribution in [-0.4, -0.2) is 11.2 Å². The number of allylic oxidation sites excluding steroid dienone is 4. The highest BCUT2D eigenvalue weighted by atomic mass is 16.3. The van der Waals surface area contributed by atoms with Gasteiger partial charge in [-0.15, -0.1) is 0 Å². The Morgan fingerprint density at radius 1 is 1.33 bits per heavy atom. The van der Waals surface area contributed by atoms with Crippen LogP contribution in [0.4, 0.5) is 0 Å². The highest BCUT2D eigenvalue weighted by molar-refractivity contribution is 5.15. The van der Waals surface area contributed by atoms with Crippen LogP contribution < -0.4 is 0 Å². The van der Waals surface area contributed by atoms with Crippen LogP contribution in [0.15, 0.2) is 35.5 Å². The number of hydrogen-bond donors (Lipinski definition) is 1. The summed E-state index contributed by atoms with van der Waals surface area (Å²) < 4.78 is 0. The van der Waals surface area contributed by atoms with Crippen LogP contribution in [0.3, 0.4) is 0 Å². The van der Waals surface area contributed by atoms with Gasteiger partial charge in [-0.25, -0.2) is 0 Å². The Morgan fingerprint density at radius 2 is 2.05 bits per heavy atom. The Kier molecular flexibility index (Phi) is 5.14. The van der Waals surface area contributed by atoms with E-state index in [0.717, 1.165) is 31.3 Å². The minimum Gasteiger partial charge on any atom is -0.389 e. The lowest BCUT2D eigenvalue weighted by Gasteiger charge is -2.36. The van der Waals surface area contributed by atoms with E-state index in [4.69, 9.17) is 0 Å². The average molecular weight is 288 g/mol. The highest BCUT2D eigenvalue weighted by Gasteiger charge is 2.45. The molecule has 0 aromatic heterocycles. The molecular weight excluding hydrogens is 256 g/mol. The average Bonchev–Trinajstić information content (AvgIpc) is 2.71. The molecule has 118 valence electrons. The van der Waals surface area contributed by atoms with E-state index in [1.807, 2.05) is 0 Å². The predicted octanol–water partition coefficient (Wildman–Crippen LogP) is 5.42. The third-order valence-electron chi connectivity index (χ3n) is 5.95. The lowest BCUT2D eigenvalue weighted by molar-refractivity contribution is 0.0977. The Bertz CT molecular complexity index is 456. The summed E-state index contributed by atoms with van der Waals surface area (Å²) in [4.78, 5) is 0. The Hall–Kier alpha value is -0.820. The first-order chi connectivity index (χ1) is 9.83. The van der Waals surface area contributed by atoms with E-state index in [0.29, 0.717) is 11.8 Å². The summed E-state index contributed by atoms with van der Waals surface area (Å²) in [7, 11) is 0. The maximum Gasteiger partial charge on any atom is 0.0752 e. The zero-order valence-corrected chi connectivity index (χ0v) is 14.3. The molecule has 0 aromatic rings. The van der Waals surface area contributed by atoms with E-state index in [2.05, 4.69) is 46.4 Å². The number of fused-ring (bicyclic) bond motifs is 1. The molecular formula is C20H32O. The molecule has 1 nitrogen and oxygen atoms in total. The molecule has 0 radical (unpaired) electrons. The summed E-state index contributed by atoms with van der Waals surface area (Å²) in [5.74, 6) is 1.25. The normalized spacial score (nSPS) is 38.0. The molecule has 2 rings (SSSR count). The maximum absolute atomic E-state index is 10.6. The highest BCUT2D eigenvalue weighted by Crippen LogP contribution is 2.54.